The van der Waals surface area contributed by atoms with Crippen molar-refractivity contribution in [1.29, 1.82) is 0 Å². The first-order chi connectivity index (χ1) is 8.44. The molecule has 18 heavy (non-hydrogen) atoms. The zero-order chi connectivity index (χ0) is 13.2. The van der Waals surface area contributed by atoms with Gasteiger partial charge >= 0.3 is 0 Å². The van der Waals surface area contributed by atoms with Gasteiger partial charge in [-0.05, 0) is 50.5 Å². The average molecular weight is 274 g/mol. The van der Waals surface area contributed by atoms with E-state index in [1.54, 1.807) is 0 Å². The monoisotopic (exact) mass is 274 g/mol. The van der Waals surface area contributed by atoms with Crippen LogP contribution in [0.3, 0.4) is 0 Å². The zero-order valence-corrected chi connectivity index (χ0v) is 12.3. The maximum atomic E-state index is 12.1. The Morgan fingerprint density at radius 3 is 2.39 bits per heavy atom. The quantitative estimate of drug-likeness (QED) is 0.816. The standard InChI is InChI=1S/C13H26N2O2S/c1-10-6-11(2)8-13(7-10)15-18(16,17)9-12-4-3-5-14-12/h10-15H,3-9H2,1-2H3. The van der Waals surface area contributed by atoms with Gasteiger partial charge in [0.05, 0.1) is 5.75 Å². The molecule has 2 N–H and O–H groups in total. The predicted molar refractivity (Wildman–Crippen MR) is 73.9 cm³/mol. The first-order valence-corrected chi connectivity index (χ1v) is 8.83. The van der Waals surface area contributed by atoms with E-state index < -0.39 is 10.0 Å². The van der Waals surface area contributed by atoms with Crippen molar-refractivity contribution in [3.05, 3.63) is 0 Å². The van der Waals surface area contributed by atoms with Crippen LogP contribution in [-0.2, 0) is 10.0 Å². The number of hydrogen-bond donors (Lipinski definition) is 2. The van der Waals surface area contributed by atoms with E-state index in [2.05, 4.69) is 23.9 Å². The fourth-order valence-electron chi connectivity index (χ4n) is 3.51. The SMILES string of the molecule is CC1CC(C)CC(NS(=O)(=O)CC2CCCN2)C1. The summed E-state index contributed by atoms with van der Waals surface area (Å²) >= 11 is 0. The Morgan fingerprint density at radius 2 is 1.83 bits per heavy atom. The van der Waals surface area contributed by atoms with Crippen LogP contribution in [0.15, 0.2) is 0 Å². The topological polar surface area (TPSA) is 58.2 Å². The number of sulfonamides is 1. The van der Waals surface area contributed by atoms with Gasteiger partial charge in [-0.2, -0.15) is 0 Å². The fraction of sp³-hybridized carbons (Fsp3) is 1.00. The van der Waals surface area contributed by atoms with Gasteiger partial charge in [0.1, 0.15) is 0 Å². The molecule has 4 nitrogen and oxygen atoms in total. The molecule has 1 aliphatic heterocycles. The molecule has 1 saturated carbocycles. The van der Waals surface area contributed by atoms with E-state index in [4.69, 9.17) is 0 Å². The van der Waals surface area contributed by atoms with Crippen LogP contribution in [0.5, 0.6) is 0 Å². The highest BCUT2D eigenvalue weighted by Crippen LogP contribution is 2.28. The van der Waals surface area contributed by atoms with E-state index in [1.165, 1.54) is 6.42 Å². The maximum Gasteiger partial charge on any atom is 0.213 e. The molecule has 5 heteroatoms. The maximum absolute atomic E-state index is 12.1. The first kappa shape index (κ1) is 14.3. The lowest BCUT2D eigenvalue weighted by atomic mass is 9.81. The van der Waals surface area contributed by atoms with Crippen LogP contribution in [0.4, 0.5) is 0 Å². The lowest BCUT2D eigenvalue weighted by molar-refractivity contribution is 0.257. The summed E-state index contributed by atoms with van der Waals surface area (Å²) in [5.41, 5.74) is 0. The second kappa shape index (κ2) is 5.88. The fourth-order valence-corrected chi connectivity index (χ4v) is 5.12. The summed E-state index contributed by atoms with van der Waals surface area (Å²) in [5.74, 6) is 1.50. The van der Waals surface area contributed by atoms with Crippen LogP contribution >= 0.6 is 0 Å². The second-order valence-corrected chi connectivity index (χ2v) is 8.11. The van der Waals surface area contributed by atoms with E-state index in [1.807, 2.05) is 0 Å². The van der Waals surface area contributed by atoms with Crippen molar-refractivity contribution in [2.45, 2.75) is 58.0 Å². The summed E-state index contributed by atoms with van der Waals surface area (Å²) in [7, 11) is -3.12. The van der Waals surface area contributed by atoms with Crippen LogP contribution in [0, 0.1) is 11.8 Å². The minimum atomic E-state index is -3.12. The predicted octanol–water partition coefficient (Wildman–Crippen LogP) is 1.48. The Morgan fingerprint density at radius 1 is 1.17 bits per heavy atom. The zero-order valence-electron chi connectivity index (χ0n) is 11.5. The van der Waals surface area contributed by atoms with Gasteiger partial charge in [0.25, 0.3) is 0 Å². The van der Waals surface area contributed by atoms with Crippen LogP contribution in [-0.4, -0.2) is 32.8 Å². The summed E-state index contributed by atoms with van der Waals surface area (Å²) in [6.07, 6.45) is 5.28. The number of rotatable bonds is 4. The molecule has 0 spiro atoms. The van der Waals surface area contributed by atoms with Gasteiger partial charge in [0.15, 0.2) is 0 Å². The van der Waals surface area contributed by atoms with E-state index in [0.717, 1.165) is 32.2 Å². The van der Waals surface area contributed by atoms with Crippen molar-refractivity contribution in [1.82, 2.24) is 10.0 Å². The third-order valence-electron chi connectivity index (χ3n) is 4.11. The van der Waals surface area contributed by atoms with Crippen molar-refractivity contribution >= 4 is 10.0 Å². The smallest absolute Gasteiger partial charge is 0.213 e. The Kier molecular flexibility index (Phi) is 4.67. The van der Waals surface area contributed by atoms with Crippen molar-refractivity contribution < 1.29 is 8.42 Å². The highest BCUT2D eigenvalue weighted by Gasteiger charge is 2.29. The molecule has 1 heterocycles. The van der Waals surface area contributed by atoms with Crippen LogP contribution in [0.25, 0.3) is 0 Å². The number of hydrogen-bond acceptors (Lipinski definition) is 3. The molecule has 0 aromatic carbocycles. The van der Waals surface area contributed by atoms with E-state index in [9.17, 15) is 8.42 Å². The molecule has 0 aromatic rings. The Hall–Kier alpha value is -0.130. The minimum Gasteiger partial charge on any atom is -0.313 e. The van der Waals surface area contributed by atoms with E-state index >= 15 is 0 Å². The summed E-state index contributed by atoms with van der Waals surface area (Å²) < 4.78 is 27.1. The van der Waals surface area contributed by atoms with Gasteiger partial charge in [-0.3, -0.25) is 0 Å². The molecule has 3 unspecified atom stereocenters. The molecule has 106 valence electrons. The highest BCUT2D eigenvalue weighted by molar-refractivity contribution is 7.89. The van der Waals surface area contributed by atoms with Crippen molar-refractivity contribution in [2.75, 3.05) is 12.3 Å². The minimum absolute atomic E-state index is 0.148. The summed E-state index contributed by atoms with van der Waals surface area (Å²) in [6, 6.07) is 0.302. The third-order valence-corrected chi connectivity index (χ3v) is 5.64. The van der Waals surface area contributed by atoms with Gasteiger partial charge < -0.3 is 5.32 Å². The van der Waals surface area contributed by atoms with Gasteiger partial charge in [0, 0.05) is 12.1 Å². The Balaban J connectivity index is 1.86. The summed E-state index contributed by atoms with van der Waals surface area (Å²) in [6.45, 7) is 5.39. The number of nitrogens with one attached hydrogen (secondary N) is 2. The molecular weight excluding hydrogens is 248 g/mol. The lowest BCUT2D eigenvalue weighted by Gasteiger charge is -2.32. The molecular formula is C13H26N2O2S. The summed E-state index contributed by atoms with van der Waals surface area (Å²) in [5, 5.41) is 3.25. The van der Waals surface area contributed by atoms with Crippen molar-refractivity contribution in [3.8, 4) is 0 Å². The normalized spacial score (nSPS) is 37.9. The molecule has 0 radical (unpaired) electrons. The van der Waals surface area contributed by atoms with Crippen LogP contribution < -0.4 is 10.0 Å². The van der Waals surface area contributed by atoms with Crippen LogP contribution in [0.1, 0.15) is 46.0 Å². The molecule has 3 atom stereocenters. The lowest BCUT2D eigenvalue weighted by Crippen LogP contribution is -2.44. The van der Waals surface area contributed by atoms with Crippen LogP contribution in [0.2, 0.25) is 0 Å². The van der Waals surface area contributed by atoms with E-state index in [0.29, 0.717) is 11.8 Å². The van der Waals surface area contributed by atoms with Gasteiger partial charge in [0.2, 0.25) is 10.0 Å². The molecule has 1 aliphatic carbocycles. The average Bonchev–Trinajstić information content (AvgIpc) is 2.66. The molecule has 1 saturated heterocycles. The first-order valence-electron chi connectivity index (χ1n) is 7.18. The van der Waals surface area contributed by atoms with Gasteiger partial charge in [-0.15, -0.1) is 0 Å². The highest BCUT2D eigenvalue weighted by atomic mass is 32.2. The molecule has 2 fully saturated rings. The van der Waals surface area contributed by atoms with E-state index in [-0.39, 0.29) is 17.8 Å². The molecule has 2 rings (SSSR count). The van der Waals surface area contributed by atoms with Gasteiger partial charge in [-0.1, -0.05) is 13.8 Å². The van der Waals surface area contributed by atoms with Gasteiger partial charge in [-0.25, -0.2) is 13.1 Å². The molecule has 0 bridgehead atoms. The largest absolute Gasteiger partial charge is 0.313 e. The van der Waals surface area contributed by atoms with Crippen molar-refractivity contribution in [2.24, 2.45) is 11.8 Å². The Labute approximate surface area is 111 Å². The summed E-state index contributed by atoms with van der Waals surface area (Å²) in [4.78, 5) is 0. The molecule has 0 amide bonds. The second-order valence-electron chi connectivity index (χ2n) is 6.31. The van der Waals surface area contributed by atoms with Crippen molar-refractivity contribution in [3.63, 3.8) is 0 Å². The third kappa shape index (κ3) is 4.21. The molecule has 0 aromatic heterocycles. The Bertz CT molecular complexity index is 353. The molecule has 2 aliphatic rings.